The zero-order valence-corrected chi connectivity index (χ0v) is 11.8. The summed E-state index contributed by atoms with van der Waals surface area (Å²) in [5.41, 5.74) is 1.05. The fourth-order valence-corrected chi connectivity index (χ4v) is 4.43. The van der Waals surface area contributed by atoms with Gasteiger partial charge in [-0.25, -0.2) is 13.4 Å². The number of hydrogen-bond acceptors (Lipinski definition) is 5. The number of aromatic nitrogens is 1. The first-order chi connectivity index (χ1) is 8.61. The van der Waals surface area contributed by atoms with Crippen LogP contribution >= 0.6 is 11.3 Å². The molecule has 102 valence electrons. The van der Waals surface area contributed by atoms with Crippen molar-refractivity contribution in [2.75, 3.05) is 17.1 Å². The van der Waals surface area contributed by atoms with Gasteiger partial charge in [-0.05, 0) is 38.5 Å². The predicted octanol–water partition coefficient (Wildman–Crippen LogP) is 1.54. The number of aliphatic hydroxyl groups is 1. The monoisotopic (exact) mass is 290 g/mol. The molecule has 0 radical (unpaired) electrons. The van der Waals surface area contributed by atoms with E-state index in [1.54, 1.807) is 0 Å². The van der Waals surface area contributed by atoms with Gasteiger partial charge in [-0.15, -0.1) is 11.3 Å². The second-order valence-electron chi connectivity index (χ2n) is 4.45. The molecule has 7 heteroatoms. The number of thiazole rings is 1. The van der Waals surface area contributed by atoms with Gasteiger partial charge in [0.1, 0.15) is 0 Å². The van der Waals surface area contributed by atoms with Crippen molar-refractivity contribution in [3.8, 4) is 0 Å². The highest BCUT2D eigenvalue weighted by molar-refractivity contribution is 7.92. The maximum absolute atomic E-state index is 11.8. The Morgan fingerprint density at radius 1 is 1.28 bits per heavy atom. The standard InChI is InChI=1S/C11H18N2O3S2/c14-7-3-4-8-18(15,16)13-11-12-9-5-1-2-6-10(9)17-11/h14H,1-8H2,(H,12,13). The van der Waals surface area contributed by atoms with Crippen LogP contribution in [0.5, 0.6) is 0 Å². The van der Waals surface area contributed by atoms with E-state index in [9.17, 15) is 8.42 Å². The Labute approximate surface area is 111 Å². The summed E-state index contributed by atoms with van der Waals surface area (Å²) in [6.45, 7) is 0.0288. The molecule has 0 bridgehead atoms. The number of aliphatic hydroxyl groups excluding tert-OH is 1. The lowest BCUT2D eigenvalue weighted by molar-refractivity contribution is 0.287. The number of sulfonamides is 1. The van der Waals surface area contributed by atoms with Crippen LogP contribution in [0.3, 0.4) is 0 Å². The molecule has 0 unspecified atom stereocenters. The smallest absolute Gasteiger partial charge is 0.234 e. The minimum Gasteiger partial charge on any atom is -0.396 e. The van der Waals surface area contributed by atoms with E-state index in [2.05, 4.69) is 9.71 Å². The third-order valence-electron chi connectivity index (χ3n) is 2.91. The molecule has 1 aromatic rings. The number of rotatable bonds is 6. The summed E-state index contributed by atoms with van der Waals surface area (Å²) in [4.78, 5) is 5.56. The van der Waals surface area contributed by atoms with E-state index in [0.717, 1.165) is 31.4 Å². The van der Waals surface area contributed by atoms with E-state index in [1.165, 1.54) is 16.2 Å². The first-order valence-electron chi connectivity index (χ1n) is 6.20. The zero-order valence-electron chi connectivity index (χ0n) is 10.2. The Balaban J connectivity index is 1.98. The van der Waals surface area contributed by atoms with Gasteiger partial charge >= 0.3 is 0 Å². The highest BCUT2D eigenvalue weighted by Gasteiger charge is 2.18. The molecule has 0 saturated carbocycles. The summed E-state index contributed by atoms with van der Waals surface area (Å²) < 4.78 is 26.1. The van der Waals surface area contributed by atoms with Gasteiger partial charge in [0.05, 0.1) is 11.4 Å². The van der Waals surface area contributed by atoms with E-state index >= 15 is 0 Å². The highest BCUT2D eigenvalue weighted by Crippen LogP contribution is 2.30. The second-order valence-corrected chi connectivity index (χ2v) is 7.37. The van der Waals surface area contributed by atoms with Crippen molar-refractivity contribution >= 4 is 26.5 Å². The van der Waals surface area contributed by atoms with Gasteiger partial charge in [-0.3, -0.25) is 4.72 Å². The average molecular weight is 290 g/mol. The summed E-state index contributed by atoms with van der Waals surface area (Å²) >= 11 is 1.45. The second kappa shape index (κ2) is 5.99. The summed E-state index contributed by atoms with van der Waals surface area (Å²) in [5.74, 6) is 0.0395. The minimum absolute atomic E-state index is 0.0288. The van der Waals surface area contributed by atoms with Crippen LogP contribution in [0.15, 0.2) is 0 Å². The number of fused-ring (bicyclic) bond motifs is 1. The van der Waals surface area contributed by atoms with Crippen molar-refractivity contribution in [2.24, 2.45) is 0 Å². The van der Waals surface area contributed by atoms with E-state index in [0.29, 0.717) is 18.0 Å². The molecule has 0 atom stereocenters. The maximum atomic E-state index is 11.8. The molecule has 2 N–H and O–H groups in total. The molecule has 1 aromatic heterocycles. The van der Waals surface area contributed by atoms with E-state index in [1.807, 2.05) is 0 Å². The molecular formula is C11H18N2O3S2. The van der Waals surface area contributed by atoms with Gasteiger partial charge in [0.15, 0.2) is 5.13 Å². The number of nitrogens with zero attached hydrogens (tertiary/aromatic N) is 1. The molecule has 1 heterocycles. The normalized spacial score (nSPS) is 15.4. The first-order valence-corrected chi connectivity index (χ1v) is 8.67. The van der Waals surface area contributed by atoms with Crippen LogP contribution in [-0.2, 0) is 22.9 Å². The summed E-state index contributed by atoms with van der Waals surface area (Å²) in [6.07, 6.45) is 5.25. The van der Waals surface area contributed by atoms with Gasteiger partial charge in [-0.2, -0.15) is 0 Å². The molecular weight excluding hydrogens is 272 g/mol. The molecule has 0 fully saturated rings. The lowest BCUT2D eigenvalue weighted by Crippen LogP contribution is -2.16. The molecule has 0 saturated heterocycles. The van der Waals surface area contributed by atoms with Gasteiger partial charge < -0.3 is 5.11 Å². The maximum Gasteiger partial charge on any atom is 0.234 e. The van der Waals surface area contributed by atoms with Gasteiger partial charge in [0.2, 0.25) is 10.0 Å². The van der Waals surface area contributed by atoms with Crippen molar-refractivity contribution < 1.29 is 13.5 Å². The summed E-state index contributed by atoms with van der Waals surface area (Å²) in [5, 5.41) is 9.13. The highest BCUT2D eigenvalue weighted by atomic mass is 32.2. The predicted molar refractivity (Wildman–Crippen MR) is 72.5 cm³/mol. The molecule has 1 aliphatic rings. The van der Waals surface area contributed by atoms with Crippen molar-refractivity contribution in [2.45, 2.75) is 38.5 Å². The largest absolute Gasteiger partial charge is 0.396 e. The number of aryl methyl sites for hydroxylation is 2. The number of nitrogens with one attached hydrogen (secondary N) is 1. The van der Waals surface area contributed by atoms with Crippen LogP contribution < -0.4 is 4.72 Å². The number of anilines is 1. The van der Waals surface area contributed by atoms with Crippen LogP contribution in [0.2, 0.25) is 0 Å². The van der Waals surface area contributed by atoms with Crippen LogP contribution in [0, 0.1) is 0 Å². The van der Waals surface area contributed by atoms with Crippen LogP contribution in [0.4, 0.5) is 5.13 Å². The van der Waals surface area contributed by atoms with Gasteiger partial charge in [-0.1, -0.05) is 0 Å². The number of unbranched alkanes of at least 4 members (excludes halogenated alkanes) is 1. The fraction of sp³-hybridized carbons (Fsp3) is 0.727. The van der Waals surface area contributed by atoms with E-state index in [4.69, 9.17) is 5.11 Å². The minimum atomic E-state index is -3.32. The Morgan fingerprint density at radius 3 is 2.78 bits per heavy atom. The molecule has 0 spiro atoms. The Morgan fingerprint density at radius 2 is 2.06 bits per heavy atom. The van der Waals surface area contributed by atoms with Gasteiger partial charge in [0.25, 0.3) is 0 Å². The van der Waals surface area contributed by atoms with E-state index in [-0.39, 0.29) is 12.4 Å². The van der Waals surface area contributed by atoms with Crippen molar-refractivity contribution in [3.63, 3.8) is 0 Å². The Bertz CT molecular complexity index is 473. The van der Waals surface area contributed by atoms with Crippen LogP contribution in [0.25, 0.3) is 0 Å². The van der Waals surface area contributed by atoms with Crippen LogP contribution in [-0.4, -0.2) is 30.9 Å². The average Bonchev–Trinajstić information content (AvgIpc) is 2.70. The third kappa shape index (κ3) is 3.66. The van der Waals surface area contributed by atoms with Crippen molar-refractivity contribution in [1.29, 1.82) is 0 Å². The Hall–Kier alpha value is -0.660. The molecule has 0 amide bonds. The fourth-order valence-electron chi connectivity index (χ4n) is 1.98. The molecule has 5 nitrogen and oxygen atoms in total. The zero-order chi connectivity index (χ0) is 13.0. The van der Waals surface area contributed by atoms with Gasteiger partial charge in [0, 0.05) is 11.5 Å². The lowest BCUT2D eigenvalue weighted by Gasteiger charge is -2.06. The molecule has 1 aliphatic carbocycles. The summed E-state index contributed by atoms with van der Waals surface area (Å²) in [7, 11) is -3.32. The quantitative estimate of drug-likeness (QED) is 0.779. The Kier molecular flexibility index (Phi) is 4.58. The molecule has 0 aliphatic heterocycles. The summed E-state index contributed by atoms with van der Waals surface area (Å²) in [6, 6.07) is 0. The topological polar surface area (TPSA) is 79.3 Å². The first kappa shape index (κ1) is 13.8. The van der Waals surface area contributed by atoms with Crippen molar-refractivity contribution in [3.05, 3.63) is 10.6 Å². The lowest BCUT2D eigenvalue weighted by atomic mass is 10.0. The van der Waals surface area contributed by atoms with Crippen molar-refractivity contribution in [1.82, 2.24) is 4.98 Å². The SMILES string of the molecule is O=S(=O)(CCCCO)Nc1nc2c(s1)CCCC2. The molecule has 18 heavy (non-hydrogen) atoms. The van der Waals surface area contributed by atoms with Crippen LogP contribution in [0.1, 0.15) is 36.3 Å². The van der Waals surface area contributed by atoms with E-state index < -0.39 is 10.0 Å². The third-order valence-corrected chi connectivity index (χ3v) is 5.44. The molecule has 2 rings (SSSR count). The number of hydrogen-bond donors (Lipinski definition) is 2. The molecule has 0 aromatic carbocycles.